The van der Waals surface area contributed by atoms with Gasteiger partial charge < -0.3 is 15.7 Å². The number of carbonyl (C=O) groups is 2. The first-order valence-electron chi connectivity index (χ1n) is 9.61. The van der Waals surface area contributed by atoms with Crippen molar-refractivity contribution in [3.05, 3.63) is 0 Å². The van der Waals surface area contributed by atoms with E-state index in [2.05, 4.69) is 22.5 Å². The zero-order valence-electron chi connectivity index (χ0n) is 14.9. The molecule has 2 fully saturated rings. The molecule has 3 N–H and O–H groups in total. The van der Waals surface area contributed by atoms with Gasteiger partial charge >= 0.3 is 12.0 Å². The Balaban J connectivity index is 1.67. The number of aliphatic carboxylic acids is 1. The van der Waals surface area contributed by atoms with Crippen LogP contribution in [0.2, 0.25) is 0 Å². The number of amides is 2. The second kappa shape index (κ2) is 9.87. The minimum Gasteiger partial charge on any atom is -0.481 e. The number of hydrogen-bond acceptors (Lipinski definition) is 3. The fourth-order valence-electron chi connectivity index (χ4n) is 3.88. The molecule has 0 spiro atoms. The standard InChI is InChI=1S/C18H33N3O3/c1-2-3-11-21-12-5-4-6-16(21)13-19-18(24)20-15-9-7-14(8-10-15)17(22)23/h14-16H,2-13H2,1H3,(H,22,23)(H2,19,20,24). The Hall–Kier alpha value is -1.30. The van der Waals surface area contributed by atoms with Crippen molar-refractivity contribution in [2.75, 3.05) is 19.6 Å². The molecular formula is C18H33N3O3. The van der Waals surface area contributed by atoms with E-state index >= 15 is 0 Å². The van der Waals surface area contributed by atoms with Crippen molar-refractivity contribution in [2.45, 2.75) is 76.8 Å². The molecule has 0 radical (unpaired) electrons. The molecule has 2 aliphatic rings. The van der Waals surface area contributed by atoms with E-state index in [0.717, 1.165) is 32.4 Å². The predicted octanol–water partition coefficient (Wildman–Crippen LogP) is 2.58. The van der Waals surface area contributed by atoms with Gasteiger partial charge in [-0.3, -0.25) is 9.69 Å². The topological polar surface area (TPSA) is 81.7 Å². The Kier molecular flexibility index (Phi) is 7.82. The minimum atomic E-state index is -0.706. The summed E-state index contributed by atoms with van der Waals surface area (Å²) in [5, 5.41) is 15.1. The molecule has 6 heteroatoms. The molecule has 1 saturated carbocycles. The molecular weight excluding hydrogens is 306 g/mol. The number of rotatable bonds is 7. The molecule has 0 bridgehead atoms. The van der Waals surface area contributed by atoms with E-state index < -0.39 is 5.97 Å². The number of carboxylic acids is 1. The Labute approximate surface area is 145 Å². The molecule has 1 saturated heterocycles. The fraction of sp³-hybridized carbons (Fsp3) is 0.889. The van der Waals surface area contributed by atoms with E-state index in [-0.39, 0.29) is 18.0 Å². The maximum atomic E-state index is 12.1. The molecule has 0 aromatic heterocycles. The molecule has 1 heterocycles. The van der Waals surface area contributed by atoms with Gasteiger partial charge in [0.05, 0.1) is 5.92 Å². The van der Waals surface area contributed by atoms with Gasteiger partial charge in [-0.1, -0.05) is 19.8 Å². The number of unbranched alkanes of at least 4 members (excludes halogenated alkanes) is 1. The van der Waals surface area contributed by atoms with Gasteiger partial charge in [-0.15, -0.1) is 0 Å². The van der Waals surface area contributed by atoms with Gasteiger partial charge in [0.1, 0.15) is 0 Å². The highest BCUT2D eigenvalue weighted by Gasteiger charge is 2.27. The second-order valence-corrected chi connectivity index (χ2v) is 7.28. The van der Waals surface area contributed by atoms with Crippen LogP contribution >= 0.6 is 0 Å². The Morgan fingerprint density at radius 3 is 2.54 bits per heavy atom. The van der Waals surface area contributed by atoms with Crippen molar-refractivity contribution in [3.8, 4) is 0 Å². The summed E-state index contributed by atoms with van der Waals surface area (Å²) < 4.78 is 0. The normalized spacial score (nSPS) is 28.3. The number of carbonyl (C=O) groups excluding carboxylic acids is 1. The Bertz CT molecular complexity index is 408. The van der Waals surface area contributed by atoms with Crippen LogP contribution < -0.4 is 10.6 Å². The maximum Gasteiger partial charge on any atom is 0.315 e. The number of likely N-dealkylation sites (tertiary alicyclic amines) is 1. The zero-order chi connectivity index (χ0) is 17.4. The van der Waals surface area contributed by atoms with Crippen LogP contribution in [0.5, 0.6) is 0 Å². The van der Waals surface area contributed by atoms with E-state index in [1.807, 2.05) is 0 Å². The van der Waals surface area contributed by atoms with Crippen LogP contribution in [0.3, 0.4) is 0 Å². The minimum absolute atomic E-state index is 0.102. The lowest BCUT2D eigenvalue weighted by Gasteiger charge is -2.36. The van der Waals surface area contributed by atoms with Gasteiger partial charge in [-0.05, 0) is 58.0 Å². The first-order chi connectivity index (χ1) is 11.6. The number of carboxylic acid groups (broad SMARTS) is 1. The van der Waals surface area contributed by atoms with Gasteiger partial charge in [0.25, 0.3) is 0 Å². The molecule has 1 atom stereocenters. The smallest absolute Gasteiger partial charge is 0.315 e. The summed E-state index contributed by atoms with van der Waals surface area (Å²) >= 11 is 0. The number of piperidine rings is 1. The van der Waals surface area contributed by atoms with E-state index in [0.29, 0.717) is 25.4 Å². The summed E-state index contributed by atoms with van der Waals surface area (Å²) in [6.07, 6.45) is 8.93. The van der Waals surface area contributed by atoms with Crippen LogP contribution in [-0.2, 0) is 4.79 Å². The Morgan fingerprint density at radius 1 is 1.12 bits per heavy atom. The second-order valence-electron chi connectivity index (χ2n) is 7.28. The molecule has 24 heavy (non-hydrogen) atoms. The Morgan fingerprint density at radius 2 is 1.88 bits per heavy atom. The highest BCUT2D eigenvalue weighted by molar-refractivity contribution is 5.74. The highest BCUT2D eigenvalue weighted by atomic mass is 16.4. The number of nitrogens with one attached hydrogen (secondary N) is 2. The van der Waals surface area contributed by atoms with Crippen LogP contribution in [-0.4, -0.2) is 53.7 Å². The summed E-state index contributed by atoms with van der Waals surface area (Å²) in [6.45, 7) is 5.20. The SMILES string of the molecule is CCCCN1CCCCC1CNC(=O)NC1CCC(C(=O)O)CC1. The van der Waals surface area contributed by atoms with Gasteiger partial charge in [-0.2, -0.15) is 0 Å². The molecule has 2 rings (SSSR count). The molecule has 6 nitrogen and oxygen atoms in total. The third kappa shape index (κ3) is 5.96. The van der Waals surface area contributed by atoms with Crippen LogP contribution in [0.1, 0.15) is 64.7 Å². The molecule has 138 valence electrons. The lowest BCUT2D eigenvalue weighted by atomic mass is 9.86. The third-order valence-corrected chi connectivity index (χ3v) is 5.46. The molecule has 1 unspecified atom stereocenters. The van der Waals surface area contributed by atoms with Gasteiger partial charge in [-0.25, -0.2) is 4.79 Å². The number of nitrogens with zero attached hydrogens (tertiary/aromatic N) is 1. The van der Waals surface area contributed by atoms with Crippen LogP contribution in [0.25, 0.3) is 0 Å². The summed E-state index contributed by atoms with van der Waals surface area (Å²) in [4.78, 5) is 25.6. The molecule has 2 amide bonds. The summed E-state index contributed by atoms with van der Waals surface area (Å²) in [5.41, 5.74) is 0. The van der Waals surface area contributed by atoms with E-state index in [4.69, 9.17) is 5.11 Å². The van der Waals surface area contributed by atoms with Crippen LogP contribution in [0, 0.1) is 5.92 Å². The first kappa shape index (κ1) is 19.0. The number of urea groups is 1. The first-order valence-corrected chi connectivity index (χ1v) is 9.61. The number of hydrogen-bond donors (Lipinski definition) is 3. The average Bonchev–Trinajstić information content (AvgIpc) is 2.59. The molecule has 1 aliphatic carbocycles. The summed E-state index contributed by atoms with van der Waals surface area (Å²) in [5.74, 6) is -0.942. The van der Waals surface area contributed by atoms with Crippen molar-refractivity contribution < 1.29 is 14.7 Å². The maximum absolute atomic E-state index is 12.1. The molecule has 0 aromatic rings. The van der Waals surface area contributed by atoms with Crippen LogP contribution in [0.15, 0.2) is 0 Å². The van der Waals surface area contributed by atoms with Crippen molar-refractivity contribution in [1.29, 1.82) is 0 Å². The van der Waals surface area contributed by atoms with Crippen molar-refractivity contribution in [3.63, 3.8) is 0 Å². The van der Waals surface area contributed by atoms with E-state index in [1.165, 1.54) is 25.7 Å². The zero-order valence-corrected chi connectivity index (χ0v) is 14.9. The van der Waals surface area contributed by atoms with Crippen LogP contribution in [0.4, 0.5) is 4.79 Å². The van der Waals surface area contributed by atoms with Gasteiger partial charge in [0.2, 0.25) is 0 Å². The quantitative estimate of drug-likeness (QED) is 0.666. The fourth-order valence-corrected chi connectivity index (χ4v) is 3.88. The monoisotopic (exact) mass is 339 g/mol. The highest BCUT2D eigenvalue weighted by Crippen LogP contribution is 2.24. The van der Waals surface area contributed by atoms with Crippen molar-refractivity contribution in [2.24, 2.45) is 5.92 Å². The summed E-state index contributed by atoms with van der Waals surface area (Å²) in [7, 11) is 0. The van der Waals surface area contributed by atoms with Crippen molar-refractivity contribution in [1.82, 2.24) is 15.5 Å². The lowest BCUT2D eigenvalue weighted by molar-refractivity contribution is -0.142. The van der Waals surface area contributed by atoms with Gasteiger partial charge in [0.15, 0.2) is 0 Å². The van der Waals surface area contributed by atoms with E-state index in [1.54, 1.807) is 0 Å². The molecule has 1 aliphatic heterocycles. The van der Waals surface area contributed by atoms with Crippen molar-refractivity contribution >= 4 is 12.0 Å². The predicted molar refractivity (Wildman–Crippen MR) is 94.0 cm³/mol. The third-order valence-electron chi connectivity index (χ3n) is 5.46. The largest absolute Gasteiger partial charge is 0.481 e. The van der Waals surface area contributed by atoms with E-state index in [9.17, 15) is 9.59 Å². The summed E-state index contributed by atoms with van der Waals surface area (Å²) in [6, 6.07) is 0.469. The molecule has 0 aromatic carbocycles. The van der Waals surface area contributed by atoms with Gasteiger partial charge in [0, 0.05) is 18.6 Å². The lowest BCUT2D eigenvalue weighted by Crippen LogP contribution is -2.50. The average molecular weight is 339 g/mol.